The topological polar surface area (TPSA) is 79.4 Å². The third-order valence-corrected chi connectivity index (χ3v) is 2.92. The van der Waals surface area contributed by atoms with Gasteiger partial charge in [-0.1, -0.05) is 6.07 Å². The summed E-state index contributed by atoms with van der Waals surface area (Å²) in [6, 6.07) is 5.11. The van der Waals surface area contributed by atoms with Gasteiger partial charge < -0.3 is 19.8 Å². The first-order chi connectivity index (χ1) is 10.2. The van der Waals surface area contributed by atoms with Gasteiger partial charge in [-0.15, -0.1) is 0 Å². The van der Waals surface area contributed by atoms with Crippen molar-refractivity contribution < 1.29 is 14.3 Å². The molecular formula is C15H19N3O3. The standard InChI is InChI=1S/C15H19N3O3/c1-2-20-13-6-3-5-12(16)14(13)15(19)21-10-4-8-18-9-7-17-11-18/h3,5-7,9,11H,2,4,8,10,16H2,1H3. The molecule has 0 unspecified atom stereocenters. The van der Waals surface area contributed by atoms with Gasteiger partial charge in [0.2, 0.25) is 0 Å². The van der Waals surface area contributed by atoms with Gasteiger partial charge in [0.05, 0.1) is 19.5 Å². The van der Waals surface area contributed by atoms with E-state index in [2.05, 4.69) is 4.98 Å². The third kappa shape index (κ3) is 3.98. The highest BCUT2D eigenvalue weighted by molar-refractivity contribution is 5.98. The summed E-state index contributed by atoms with van der Waals surface area (Å²) in [6.45, 7) is 3.38. The van der Waals surface area contributed by atoms with Crippen molar-refractivity contribution in [2.75, 3.05) is 18.9 Å². The van der Waals surface area contributed by atoms with Crippen LogP contribution >= 0.6 is 0 Å². The summed E-state index contributed by atoms with van der Waals surface area (Å²) < 4.78 is 12.6. The van der Waals surface area contributed by atoms with E-state index in [0.29, 0.717) is 36.6 Å². The molecule has 112 valence electrons. The molecule has 0 radical (unpaired) electrons. The Morgan fingerprint density at radius 3 is 3.00 bits per heavy atom. The molecule has 0 aliphatic heterocycles. The number of aryl methyl sites for hydroxylation is 1. The lowest BCUT2D eigenvalue weighted by Crippen LogP contribution is -2.12. The fourth-order valence-corrected chi connectivity index (χ4v) is 1.95. The molecule has 0 spiro atoms. The maximum Gasteiger partial charge on any atom is 0.344 e. The lowest BCUT2D eigenvalue weighted by atomic mass is 10.1. The van der Waals surface area contributed by atoms with Gasteiger partial charge in [-0.05, 0) is 25.5 Å². The van der Waals surface area contributed by atoms with Crippen LogP contribution in [0.3, 0.4) is 0 Å². The highest BCUT2D eigenvalue weighted by Gasteiger charge is 2.17. The number of hydrogen-bond acceptors (Lipinski definition) is 5. The van der Waals surface area contributed by atoms with Crippen molar-refractivity contribution in [1.29, 1.82) is 0 Å². The Morgan fingerprint density at radius 1 is 1.43 bits per heavy atom. The number of imidazole rings is 1. The number of ether oxygens (including phenoxy) is 2. The summed E-state index contributed by atoms with van der Waals surface area (Å²) in [5, 5.41) is 0. The second-order valence-electron chi connectivity index (χ2n) is 4.44. The van der Waals surface area contributed by atoms with Gasteiger partial charge in [-0.2, -0.15) is 0 Å². The van der Waals surface area contributed by atoms with Gasteiger partial charge in [0.15, 0.2) is 0 Å². The summed E-state index contributed by atoms with van der Waals surface area (Å²) in [5.41, 5.74) is 6.50. The van der Waals surface area contributed by atoms with Gasteiger partial charge in [0.25, 0.3) is 0 Å². The van der Waals surface area contributed by atoms with E-state index in [0.717, 1.165) is 6.54 Å². The Balaban J connectivity index is 1.90. The Kier molecular flexibility index (Phi) is 5.20. The number of anilines is 1. The molecule has 0 saturated carbocycles. The van der Waals surface area contributed by atoms with E-state index in [-0.39, 0.29) is 0 Å². The van der Waals surface area contributed by atoms with E-state index in [9.17, 15) is 4.79 Å². The molecule has 2 N–H and O–H groups in total. The number of carbonyl (C=O) groups excluding carboxylic acids is 1. The fourth-order valence-electron chi connectivity index (χ4n) is 1.95. The lowest BCUT2D eigenvalue weighted by Gasteiger charge is -2.12. The van der Waals surface area contributed by atoms with Crippen LogP contribution < -0.4 is 10.5 Å². The summed E-state index contributed by atoms with van der Waals surface area (Å²) in [7, 11) is 0. The van der Waals surface area contributed by atoms with Crippen molar-refractivity contribution >= 4 is 11.7 Å². The molecule has 0 aliphatic rings. The number of nitrogen functional groups attached to an aromatic ring is 1. The zero-order valence-electron chi connectivity index (χ0n) is 12.0. The monoisotopic (exact) mass is 289 g/mol. The molecule has 0 bridgehead atoms. The quantitative estimate of drug-likeness (QED) is 0.480. The molecule has 1 aromatic carbocycles. The maximum atomic E-state index is 12.1. The highest BCUT2D eigenvalue weighted by atomic mass is 16.5. The Morgan fingerprint density at radius 2 is 2.29 bits per heavy atom. The molecule has 6 nitrogen and oxygen atoms in total. The number of nitrogens with zero attached hydrogens (tertiary/aromatic N) is 2. The largest absolute Gasteiger partial charge is 0.493 e. The molecule has 2 aromatic rings. The molecule has 21 heavy (non-hydrogen) atoms. The van der Waals surface area contributed by atoms with Crippen LogP contribution in [0.2, 0.25) is 0 Å². The molecule has 0 aliphatic carbocycles. The van der Waals surface area contributed by atoms with Crippen LogP contribution in [-0.2, 0) is 11.3 Å². The van der Waals surface area contributed by atoms with Crippen LogP contribution in [0.15, 0.2) is 36.9 Å². The van der Waals surface area contributed by atoms with Crippen molar-refractivity contribution in [2.45, 2.75) is 19.9 Å². The van der Waals surface area contributed by atoms with Crippen molar-refractivity contribution in [3.63, 3.8) is 0 Å². The van der Waals surface area contributed by atoms with E-state index in [1.807, 2.05) is 17.7 Å². The molecule has 0 fully saturated rings. The first-order valence-electron chi connectivity index (χ1n) is 6.86. The van der Waals surface area contributed by atoms with Gasteiger partial charge in [0, 0.05) is 24.6 Å². The summed E-state index contributed by atoms with van der Waals surface area (Å²) >= 11 is 0. The molecule has 0 saturated heterocycles. The summed E-state index contributed by atoms with van der Waals surface area (Å²) in [4.78, 5) is 16.1. The number of hydrogen-bond donors (Lipinski definition) is 1. The van der Waals surface area contributed by atoms with E-state index < -0.39 is 5.97 Å². The fraction of sp³-hybridized carbons (Fsp3) is 0.333. The van der Waals surface area contributed by atoms with Gasteiger partial charge in [0.1, 0.15) is 11.3 Å². The molecule has 0 atom stereocenters. The van der Waals surface area contributed by atoms with Crippen LogP contribution in [0.5, 0.6) is 5.75 Å². The smallest absolute Gasteiger partial charge is 0.344 e. The van der Waals surface area contributed by atoms with Crippen molar-refractivity contribution in [1.82, 2.24) is 9.55 Å². The molecule has 2 rings (SSSR count). The van der Waals surface area contributed by atoms with Crippen molar-refractivity contribution in [3.8, 4) is 5.75 Å². The van der Waals surface area contributed by atoms with Crippen molar-refractivity contribution in [2.24, 2.45) is 0 Å². The average Bonchev–Trinajstić information content (AvgIpc) is 2.97. The highest BCUT2D eigenvalue weighted by Crippen LogP contribution is 2.25. The minimum absolute atomic E-state index is 0.294. The molecular weight excluding hydrogens is 270 g/mol. The zero-order chi connectivity index (χ0) is 15.1. The minimum Gasteiger partial charge on any atom is -0.493 e. The number of carbonyl (C=O) groups is 1. The molecule has 6 heteroatoms. The average molecular weight is 289 g/mol. The first-order valence-corrected chi connectivity index (χ1v) is 6.86. The first kappa shape index (κ1) is 14.9. The molecule has 0 amide bonds. The van der Waals surface area contributed by atoms with E-state index in [1.165, 1.54) is 0 Å². The van der Waals surface area contributed by atoms with E-state index in [1.54, 1.807) is 30.7 Å². The van der Waals surface area contributed by atoms with E-state index >= 15 is 0 Å². The van der Waals surface area contributed by atoms with Crippen LogP contribution in [-0.4, -0.2) is 28.7 Å². The summed E-state index contributed by atoms with van der Waals surface area (Å²) in [6.07, 6.45) is 6.01. The zero-order valence-corrected chi connectivity index (χ0v) is 12.0. The number of benzene rings is 1. The number of aromatic nitrogens is 2. The maximum absolute atomic E-state index is 12.1. The number of rotatable bonds is 7. The Hall–Kier alpha value is -2.50. The Bertz CT molecular complexity index is 582. The van der Waals surface area contributed by atoms with Crippen LogP contribution in [0.4, 0.5) is 5.69 Å². The van der Waals surface area contributed by atoms with Crippen molar-refractivity contribution in [3.05, 3.63) is 42.5 Å². The number of nitrogens with two attached hydrogens (primary N) is 1. The second kappa shape index (κ2) is 7.33. The van der Waals surface area contributed by atoms with Gasteiger partial charge >= 0.3 is 5.97 Å². The summed E-state index contributed by atoms with van der Waals surface area (Å²) in [5.74, 6) is -0.000657. The predicted octanol–water partition coefficient (Wildman–Crippen LogP) is 2.11. The lowest BCUT2D eigenvalue weighted by molar-refractivity contribution is 0.0493. The third-order valence-electron chi connectivity index (χ3n) is 2.92. The molecule has 1 heterocycles. The second-order valence-corrected chi connectivity index (χ2v) is 4.44. The molecule has 1 aromatic heterocycles. The van der Waals surface area contributed by atoms with Crippen LogP contribution in [0.25, 0.3) is 0 Å². The SMILES string of the molecule is CCOc1cccc(N)c1C(=O)OCCCn1ccnc1. The number of esters is 1. The minimum atomic E-state index is -0.456. The normalized spacial score (nSPS) is 10.3. The van der Waals surface area contributed by atoms with E-state index in [4.69, 9.17) is 15.2 Å². The van der Waals surface area contributed by atoms with Crippen LogP contribution in [0.1, 0.15) is 23.7 Å². The predicted molar refractivity (Wildman–Crippen MR) is 79.1 cm³/mol. The van der Waals surface area contributed by atoms with Crippen LogP contribution in [0, 0.1) is 0 Å². The Labute approximate surface area is 123 Å². The van der Waals surface area contributed by atoms with Gasteiger partial charge in [-0.25, -0.2) is 9.78 Å². The van der Waals surface area contributed by atoms with Gasteiger partial charge in [-0.3, -0.25) is 0 Å².